The maximum Gasteiger partial charge on any atom is 0.433 e. The summed E-state index contributed by atoms with van der Waals surface area (Å²) in [5.74, 6) is 5.77. The van der Waals surface area contributed by atoms with E-state index in [4.69, 9.17) is 10.6 Å². The first-order valence-electron chi connectivity index (χ1n) is 8.54. The number of rotatable bonds is 5. The third-order valence-electron chi connectivity index (χ3n) is 4.21. The summed E-state index contributed by atoms with van der Waals surface area (Å²) in [6.45, 7) is 3.31. The number of aliphatic imine (C=N–C) groups is 1. The lowest BCUT2D eigenvalue weighted by molar-refractivity contribution is -0.141. The van der Waals surface area contributed by atoms with Gasteiger partial charge in [-0.2, -0.15) is 18.3 Å². The second-order valence-corrected chi connectivity index (χ2v) is 6.18. The minimum atomic E-state index is -4.50. The van der Waals surface area contributed by atoms with Gasteiger partial charge in [-0.3, -0.25) is 0 Å². The van der Waals surface area contributed by atoms with E-state index in [2.05, 4.69) is 25.4 Å². The Bertz CT molecular complexity index is 893. The van der Waals surface area contributed by atoms with Crippen molar-refractivity contribution in [1.82, 2.24) is 15.3 Å². The number of ether oxygens (including phenoxy) is 1. The summed E-state index contributed by atoms with van der Waals surface area (Å²) < 4.78 is 43.6. The van der Waals surface area contributed by atoms with Gasteiger partial charge in [0, 0.05) is 18.8 Å². The van der Waals surface area contributed by atoms with Crippen molar-refractivity contribution in [2.24, 2.45) is 15.9 Å². The molecule has 1 aliphatic rings. The monoisotopic (exact) mass is 392 g/mol. The maximum absolute atomic E-state index is 12.6. The summed E-state index contributed by atoms with van der Waals surface area (Å²) in [6.07, 6.45) is -0.819. The van der Waals surface area contributed by atoms with Gasteiger partial charge in [0.25, 0.3) is 0 Å². The van der Waals surface area contributed by atoms with Crippen LogP contribution in [0.3, 0.4) is 0 Å². The molecule has 0 radical (unpaired) electrons. The predicted molar refractivity (Wildman–Crippen MR) is 98.8 cm³/mol. The molecule has 10 heteroatoms. The van der Waals surface area contributed by atoms with Gasteiger partial charge in [0.05, 0.1) is 17.6 Å². The molecule has 0 spiro atoms. The molecule has 0 bridgehead atoms. The minimum Gasteiger partial charge on any atom is -0.471 e. The quantitative estimate of drug-likeness (QED) is 0.463. The molecule has 1 aliphatic heterocycles. The fourth-order valence-electron chi connectivity index (χ4n) is 2.63. The smallest absolute Gasteiger partial charge is 0.433 e. The largest absolute Gasteiger partial charge is 0.471 e. The summed E-state index contributed by atoms with van der Waals surface area (Å²) in [7, 11) is 0. The van der Waals surface area contributed by atoms with Gasteiger partial charge in [0.15, 0.2) is 0 Å². The van der Waals surface area contributed by atoms with Gasteiger partial charge in [-0.05, 0) is 43.1 Å². The topological polar surface area (TPSA) is 97.8 Å². The van der Waals surface area contributed by atoms with E-state index in [0.29, 0.717) is 17.3 Å². The Kier molecular flexibility index (Phi) is 5.88. The first kappa shape index (κ1) is 19.7. The molecule has 28 heavy (non-hydrogen) atoms. The molecule has 3 heterocycles. The van der Waals surface area contributed by atoms with E-state index in [1.807, 2.05) is 6.07 Å². The number of hydrazone groups is 1. The van der Waals surface area contributed by atoms with Crippen LogP contribution in [-0.2, 0) is 19.1 Å². The van der Waals surface area contributed by atoms with Crippen molar-refractivity contribution < 1.29 is 17.9 Å². The normalized spacial score (nSPS) is 15.3. The number of alkyl halides is 3. The first-order valence-corrected chi connectivity index (χ1v) is 8.54. The van der Waals surface area contributed by atoms with E-state index in [0.717, 1.165) is 37.3 Å². The SMILES string of the molecule is C/C(=N/N)C(COc1cc2c(cn1)CNCC2)=Nc1ccc(C(F)(F)F)nc1. The zero-order valence-electron chi connectivity index (χ0n) is 15.1. The Labute approximate surface area is 159 Å². The maximum atomic E-state index is 12.6. The van der Waals surface area contributed by atoms with Crippen LogP contribution in [0.15, 0.2) is 40.7 Å². The molecule has 0 aromatic carbocycles. The van der Waals surface area contributed by atoms with Crippen molar-refractivity contribution in [3.63, 3.8) is 0 Å². The minimum absolute atomic E-state index is 0.0115. The van der Waals surface area contributed by atoms with E-state index in [1.165, 1.54) is 11.6 Å². The van der Waals surface area contributed by atoms with Crippen LogP contribution in [-0.4, -0.2) is 34.5 Å². The molecule has 0 amide bonds. The van der Waals surface area contributed by atoms with E-state index in [1.54, 1.807) is 13.1 Å². The molecule has 148 valence electrons. The average molecular weight is 392 g/mol. The summed E-state index contributed by atoms with van der Waals surface area (Å²) in [4.78, 5) is 11.9. The number of fused-ring (bicyclic) bond motifs is 1. The van der Waals surface area contributed by atoms with E-state index in [-0.39, 0.29) is 12.3 Å². The molecule has 0 atom stereocenters. The van der Waals surface area contributed by atoms with Crippen LogP contribution in [0.2, 0.25) is 0 Å². The Hall–Kier alpha value is -3.01. The second kappa shape index (κ2) is 8.34. The fourth-order valence-corrected chi connectivity index (χ4v) is 2.63. The van der Waals surface area contributed by atoms with Crippen LogP contribution in [0.25, 0.3) is 0 Å². The molecule has 0 aliphatic carbocycles. The molecule has 2 aromatic rings. The standard InChI is InChI=1S/C18H19F3N6O/c1-11(27-22)15(26-14-2-3-16(24-9-14)18(19,20)21)10-28-17-6-12-4-5-23-7-13(12)8-25-17/h2-3,6,8-9,23H,4-5,7,10,22H2,1H3/b26-15?,27-11-. The Morgan fingerprint density at radius 1 is 1.25 bits per heavy atom. The number of nitrogens with one attached hydrogen (secondary N) is 1. The third kappa shape index (κ3) is 4.83. The lowest BCUT2D eigenvalue weighted by atomic mass is 10.0. The van der Waals surface area contributed by atoms with Gasteiger partial charge in [0.2, 0.25) is 5.88 Å². The van der Waals surface area contributed by atoms with Crippen molar-refractivity contribution in [1.29, 1.82) is 0 Å². The lowest BCUT2D eigenvalue weighted by Crippen LogP contribution is -2.24. The van der Waals surface area contributed by atoms with E-state index < -0.39 is 11.9 Å². The highest BCUT2D eigenvalue weighted by Gasteiger charge is 2.32. The second-order valence-electron chi connectivity index (χ2n) is 6.18. The molecule has 0 saturated heterocycles. The predicted octanol–water partition coefficient (Wildman–Crippen LogP) is 2.63. The first-order chi connectivity index (χ1) is 13.4. The number of hydrogen-bond donors (Lipinski definition) is 2. The van der Waals surface area contributed by atoms with Crippen molar-refractivity contribution >= 4 is 17.1 Å². The molecule has 7 nitrogen and oxygen atoms in total. The average Bonchev–Trinajstić information content (AvgIpc) is 2.70. The van der Waals surface area contributed by atoms with Crippen LogP contribution < -0.4 is 15.9 Å². The van der Waals surface area contributed by atoms with E-state index in [9.17, 15) is 13.2 Å². The summed E-state index contributed by atoms with van der Waals surface area (Å²) in [5.41, 5.74) is 2.30. The Morgan fingerprint density at radius 2 is 2.07 bits per heavy atom. The number of halogens is 3. The van der Waals surface area contributed by atoms with E-state index >= 15 is 0 Å². The summed E-state index contributed by atoms with van der Waals surface area (Å²) in [5, 5.41) is 6.87. The van der Waals surface area contributed by atoms with Crippen molar-refractivity contribution in [2.45, 2.75) is 26.1 Å². The Morgan fingerprint density at radius 3 is 2.75 bits per heavy atom. The molecule has 3 N–H and O–H groups in total. The Balaban J connectivity index is 1.76. The highest BCUT2D eigenvalue weighted by atomic mass is 19.4. The lowest BCUT2D eigenvalue weighted by Gasteiger charge is -2.17. The van der Waals surface area contributed by atoms with Gasteiger partial charge in [-0.1, -0.05) is 0 Å². The molecule has 0 fully saturated rings. The molecule has 2 aromatic heterocycles. The summed E-state index contributed by atoms with van der Waals surface area (Å²) >= 11 is 0. The molecular weight excluding hydrogens is 373 g/mol. The van der Waals surface area contributed by atoms with Crippen LogP contribution in [0, 0.1) is 0 Å². The number of hydrogen-bond acceptors (Lipinski definition) is 7. The molecule has 0 unspecified atom stereocenters. The highest BCUT2D eigenvalue weighted by molar-refractivity contribution is 6.42. The number of nitrogens with two attached hydrogens (primary N) is 1. The van der Waals surface area contributed by atoms with Gasteiger partial charge in [-0.15, -0.1) is 0 Å². The van der Waals surface area contributed by atoms with Crippen molar-refractivity contribution in [2.75, 3.05) is 13.2 Å². The van der Waals surface area contributed by atoms with Crippen LogP contribution in [0.4, 0.5) is 18.9 Å². The van der Waals surface area contributed by atoms with Crippen LogP contribution in [0.5, 0.6) is 5.88 Å². The number of aromatic nitrogens is 2. The van der Waals surface area contributed by atoms with Gasteiger partial charge >= 0.3 is 6.18 Å². The van der Waals surface area contributed by atoms with Gasteiger partial charge in [0.1, 0.15) is 18.0 Å². The third-order valence-corrected chi connectivity index (χ3v) is 4.21. The molecule has 3 rings (SSSR count). The number of nitrogens with zero attached hydrogens (tertiary/aromatic N) is 4. The number of pyridine rings is 2. The van der Waals surface area contributed by atoms with Gasteiger partial charge in [-0.25, -0.2) is 15.0 Å². The highest BCUT2D eigenvalue weighted by Crippen LogP contribution is 2.28. The zero-order chi connectivity index (χ0) is 20.1. The molecular formula is C18H19F3N6O. The van der Waals surface area contributed by atoms with Crippen molar-refractivity contribution in [3.8, 4) is 5.88 Å². The molecule has 0 saturated carbocycles. The summed E-state index contributed by atoms with van der Waals surface area (Å²) in [6, 6.07) is 3.97. The zero-order valence-corrected chi connectivity index (χ0v) is 15.1. The van der Waals surface area contributed by atoms with Crippen LogP contribution >= 0.6 is 0 Å². The van der Waals surface area contributed by atoms with Crippen molar-refractivity contribution in [3.05, 3.63) is 47.4 Å². The van der Waals surface area contributed by atoms with Crippen LogP contribution in [0.1, 0.15) is 23.7 Å². The fraction of sp³-hybridized carbons (Fsp3) is 0.333. The van der Waals surface area contributed by atoms with Gasteiger partial charge < -0.3 is 15.9 Å².